The Hall–Kier alpha value is -1.96. The van der Waals surface area contributed by atoms with Gasteiger partial charge in [0.05, 0.1) is 17.4 Å². The van der Waals surface area contributed by atoms with Crippen LogP contribution >= 0.6 is 11.8 Å². The number of carbonyl (C=O) groups excluding carboxylic acids is 2. The summed E-state index contributed by atoms with van der Waals surface area (Å²) in [7, 11) is 0. The lowest BCUT2D eigenvalue weighted by atomic mass is 10.2. The van der Waals surface area contributed by atoms with Crippen LogP contribution in [0.25, 0.3) is 5.65 Å². The van der Waals surface area contributed by atoms with Crippen LogP contribution in [-0.2, 0) is 4.79 Å². The lowest BCUT2D eigenvalue weighted by molar-refractivity contribution is -0.112. The van der Waals surface area contributed by atoms with Crippen LogP contribution in [0.1, 0.15) is 28.3 Å². The van der Waals surface area contributed by atoms with Crippen molar-refractivity contribution in [3.05, 3.63) is 23.1 Å². The zero-order chi connectivity index (χ0) is 14.3. The smallest absolute Gasteiger partial charge is 0.274 e. The molecule has 0 spiro atoms. The molecule has 1 amide bonds. The van der Waals surface area contributed by atoms with Crippen molar-refractivity contribution in [3.8, 4) is 0 Å². The Bertz CT molecular complexity index is 711. The van der Waals surface area contributed by atoms with E-state index in [1.165, 1.54) is 11.8 Å². The molecule has 3 heterocycles. The molecule has 1 aliphatic rings. The number of aromatic nitrogens is 4. The molecule has 20 heavy (non-hydrogen) atoms. The number of carbonyl (C=O) groups is 2. The van der Waals surface area contributed by atoms with Gasteiger partial charge in [0, 0.05) is 11.8 Å². The summed E-state index contributed by atoms with van der Waals surface area (Å²) in [6.45, 7) is 3.61. The predicted molar refractivity (Wildman–Crippen MR) is 73.6 cm³/mol. The molecule has 1 atom stereocenters. The third-order valence-corrected chi connectivity index (χ3v) is 4.19. The first-order valence-corrected chi connectivity index (χ1v) is 7.22. The van der Waals surface area contributed by atoms with Gasteiger partial charge in [0.25, 0.3) is 5.91 Å². The summed E-state index contributed by atoms with van der Waals surface area (Å²) < 4.78 is 1.59. The van der Waals surface area contributed by atoms with Crippen molar-refractivity contribution in [3.63, 3.8) is 0 Å². The highest BCUT2D eigenvalue weighted by atomic mass is 32.2. The lowest BCUT2D eigenvalue weighted by Crippen LogP contribution is -2.38. The molecule has 0 aliphatic carbocycles. The summed E-state index contributed by atoms with van der Waals surface area (Å²) in [5, 5.41) is 14.9. The zero-order valence-corrected chi connectivity index (χ0v) is 11.9. The quantitative estimate of drug-likeness (QED) is 0.867. The summed E-state index contributed by atoms with van der Waals surface area (Å²) in [5.74, 6) is 0.358. The van der Waals surface area contributed by atoms with Crippen LogP contribution < -0.4 is 5.32 Å². The average molecular weight is 291 g/mol. The summed E-state index contributed by atoms with van der Waals surface area (Å²) in [4.78, 5) is 23.7. The Morgan fingerprint density at radius 1 is 1.45 bits per heavy atom. The molecule has 3 rings (SSSR count). The first-order chi connectivity index (χ1) is 9.56. The molecule has 0 radical (unpaired) electrons. The van der Waals surface area contributed by atoms with Crippen molar-refractivity contribution in [1.29, 1.82) is 0 Å². The van der Waals surface area contributed by atoms with E-state index in [9.17, 15) is 9.59 Å². The van der Waals surface area contributed by atoms with Crippen LogP contribution in [0.15, 0.2) is 6.07 Å². The van der Waals surface area contributed by atoms with Gasteiger partial charge in [0.1, 0.15) is 0 Å². The molecule has 1 N–H and O–H groups in total. The normalized spacial score (nSPS) is 18.7. The number of rotatable bonds is 2. The molecule has 2 aromatic heterocycles. The van der Waals surface area contributed by atoms with Crippen molar-refractivity contribution in [1.82, 2.24) is 25.1 Å². The van der Waals surface area contributed by atoms with Gasteiger partial charge in [-0.15, -0.1) is 10.2 Å². The Labute approximate surface area is 119 Å². The van der Waals surface area contributed by atoms with E-state index in [2.05, 4.69) is 20.6 Å². The molecule has 0 aromatic carbocycles. The van der Waals surface area contributed by atoms with Gasteiger partial charge in [0.2, 0.25) is 5.12 Å². The van der Waals surface area contributed by atoms with Gasteiger partial charge in [-0.2, -0.15) is 5.10 Å². The predicted octanol–water partition coefficient (Wildman–Crippen LogP) is 0.503. The first-order valence-electron chi connectivity index (χ1n) is 6.23. The van der Waals surface area contributed by atoms with E-state index in [0.29, 0.717) is 17.8 Å². The summed E-state index contributed by atoms with van der Waals surface area (Å²) in [6.07, 6.45) is 0.658. The molecule has 1 fully saturated rings. The Kier molecular flexibility index (Phi) is 3.17. The molecule has 104 valence electrons. The molecule has 0 saturated carbocycles. The molecular formula is C12H13N5O2S. The van der Waals surface area contributed by atoms with Crippen molar-refractivity contribution < 1.29 is 9.59 Å². The van der Waals surface area contributed by atoms with Gasteiger partial charge in [-0.3, -0.25) is 9.59 Å². The lowest BCUT2D eigenvalue weighted by Gasteiger charge is -2.10. The number of fused-ring (bicyclic) bond motifs is 1. The Morgan fingerprint density at radius 3 is 2.95 bits per heavy atom. The zero-order valence-electron chi connectivity index (χ0n) is 11.1. The molecule has 2 aromatic rings. The van der Waals surface area contributed by atoms with E-state index in [1.807, 2.05) is 6.92 Å². The highest BCUT2D eigenvalue weighted by Crippen LogP contribution is 2.20. The topological polar surface area (TPSA) is 89.2 Å². The Morgan fingerprint density at radius 2 is 2.25 bits per heavy atom. The summed E-state index contributed by atoms with van der Waals surface area (Å²) >= 11 is 1.25. The third kappa shape index (κ3) is 2.15. The average Bonchev–Trinajstić information content (AvgIpc) is 2.96. The van der Waals surface area contributed by atoms with Gasteiger partial charge < -0.3 is 5.32 Å². The van der Waals surface area contributed by atoms with Gasteiger partial charge in [0.15, 0.2) is 11.3 Å². The number of nitrogens with zero attached hydrogens (tertiary/aromatic N) is 4. The maximum atomic E-state index is 12.2. The van der Waals surface area contributed by atoms with Crippen LogP contribution in [0.3, 0.4) is 0 Å². The second-order valence-electron chi connectivity index (χ2n) is 4.67. The standard InChI is InChI=1S/C12H13N5O2S/c1-6-5-9-14-15-10(7(2)17(9)16-6)11(18)13-8-3-4-20-12(8)19/h5,8H,3-4H2,1-2H3,(H,13,18). The van der Waals surface area contributed by atoms with Crippen molar-refractivity contribution in [2.75, 3.05) is 5.75 Å². The van der Waals surface area contributed by atoms with E-state index in [0.717, 1.165) is 11.4 Å². The maximum absolute atomic E-state index is 12.2. The first kappa shape index (κ1) is 13.0. The molecule has 8 heteroatoms. The molecule has 7 nitrogen and oxygen atoms in total. The second kappa shape index (κ2) is 4.86. The number of nitrogens with one attached hydrogen (secondary N) is 1. The molecule has 1 saturated heterocycles. The van der Waals surface area contributed by atoms with E-state index < -0.39 is 6.04 Å². The minimum Gasteiger partial charge on any atom is -0.340 e. The third-order valence-electron chi connectivity index (χ3n) is 3.18. The van der Waals surface area contributed by atoms with Crippen LogP contribution in [0.4, 0.5) is 0 Å². The summed E-state index contributed by atoms with van der Waals surface area (Å²) in [6, 6.07) is 1.36. The highest BCUT2D eigenvalue weighted by molar-refractivity contribution is 8.14. The monoisotopic (exact) mass is 291 g/mol. The van der Waals surface area contributed by atoms with Crippen molar-refractivity contribution in [2.45, 2.75) is 26.3 Å². The van der Waals surface area contributed by atoms with Gasteiger partial charge >= 0.3 is 0 Å². The molecule has 1 aliphatic heterocycles. The number of amides is 1. The van der Waals surface area contributed by atoms with Crippen LogP contribution in [0.5, 0.6) is 0 Å². The van der Waals surface area contributed by atoms with Gasteiger partial charge in [-0.05, 0) is 20.3 Å². The Balaban J connectivity index is 1.91. The van der Waals surface area contributed by atoms with Crippen molar-refractivity contribution in [2.24, 2.45) is 0 Å². The van der Waals surface area contributed by atoms with Gasteiger partial charge in [-0.1, -0.05) is 11.8 Å². The van der Waals surface area contributed by atoms with Crippen LogP contribution in [0, 0.1) is 13.8 Å². The van der Waals surface area contributed by atoms with E-state index in [4.69, 9.17) is 0 Å². The SMILES string of the molecule is Cc1cc2nnc(C(=O)NC3CCSC3=O)c(C)n2n1. The van der Waals surface area contributed by atoms with E-state index in [-0.39, 0.29) is 16.7 Å². The largest absolute Gasteiger partial charge is 0.340 e. The van der Waals surface area contributed by atoms with E-state index >= 15 is 0 Å². The second-order valence-corrected chi connectivity index (χ2v) is 5.77. The molecule has 0 bridgehead atoms. The summed E-state index contributed by atoms with van der Waals surface area (Å²) in [5.41, 5.74) is 2.22. The molecular weight excluding hydrogens is 278 g/mol. The number of aryl methyl sites for hydroxylation is 2. The highest BCUT2D eigenvalue weighted by Gasteiger charge is 2.28. The van der Waals surface area contributed by atoms with Crippen LogP contribution in [-0.4, -0.2) is 42.6 Å². The fraction of sp³-hybridized carbons (Fsp3) is 0.417. The minimum atomic E-state index is -0.427. The fourth-order valence-electron chi connectivity index (χ4n) is 2.14. The van der Waals surface area contributed by atoms with Gasteiger partial charge in [-0.25, -0.2) is 4.52 Å². The van der Waals surface area contributed by atoms with Crippen LogP contribution in [0.2, 0.25) is 0 Å². The fourth-order valence-corrected chi connectivity index (χ4v) is 3.07. The number of thioether (sulfide) groups is 1. The van der Waals surface area contributed by atoms with E-state index in [1.54, 1.807) is 17.5 Å². The number of hydrogen-bond donors (Lipinski definition) is 1. The minimum absolute atomic E-state index is 0.0000241. The molecule has 1 unspecified atom stereocenters. The number of hydrogen-bond acceptors (Lipinski definition) is 6. The van der Waals surface area contributed by atoms with Crippen molar-refractivity contribution >= 4 is 28.4 Å². The maximum Gasteiger partial charge on any atom is 0.274 e.